The lowest BCUT2D eigenvalue weighted by Gasteiger charge is -2.31. The quantitative estimate of drug-likeness (QED) is 0.913. The molecular weight excluding hydrogens is 321 g/mol. The molecule has 1 aliphatic heterocycles. The van der Waals surface area contributed by atoms with Gasteiger partial charge in [-0.25, -0.2) is 0 Å². The van der Waals surface area contributed by atoms with Crippen molar-refractivity contribution >= 4 is 41.6 Å². The van der Waals surface area contributed by atoms with E-state index >= 15 is 0 Å². The maximum atomic E-state index is 12.5. The zero-order valence-electron chi connectivity index (χ0n) is 12.5. The Morgan fingerprint density at radius 2 is 1.95 bits per heavy atom. The summed E-state index contributed by atoms with van der Waals surface area (Å²) in [5.74, 6) is 0.130. The number of amides is 1. The summed E-state index contributed by atoms with van der Waals surface area (Å²) >= 11 is 0. The summed E-state index contributed by atoms with van der Waals surface area (Å²) in [4.78, 5) is 18.8. The van der Waals surface area contributed by atoms with Crippen LogP contribution in [-0.2, 0) is 0 Å². The smallest absolute Gasteiger partial charge is 0.253 e. The number of likely N-dealkylation sites (tertiary alicyclic amines) is 1. The number of benzene rings is 1. The first kappa shape index (κ1) is 18.7. The molecule has 1 aromatic heterocycles. The molecule has 2 heterocycles. The van der Waals surface area contributed by atoms with E-state index in [0.717, 1.165) is 42.4 Å². The molecule has 1 saturated heterocycles. The van der Waals surface area contributed by atoms with Crippen molar-refractivity contribution in [1.82, 2.24) is 15.2 Å². The second-order valence-electron chi connectivity index (χ2n) is 5.27. The van der Waals surface area contributed by atoms with E-state index in [2.05, 4.69) is 10.3 Å². The Morgan fingerprint density at radius 1 is 1.23 bits per heavy atom. The van der Waals surface area contributed by atoms with Crippen LogP contribution in [0.5, 0.6) is 0 Å². The van der Waals surface area contributed by atoms with Crippen LogP contribution in [0.25, 0.3) is 10.9 Å². The molecule has 22 heavy (non-hydrogen) atoms. The number of halogens is 2. The van der Waals surface area contributed by atoms with E-state index in [1.165, 1.54) is 0 Å². The van der Waals surface area contributed by atoms with Crippen molar-refractivity contribution in [2.24, 2.45) is 0 Å². The van der Waals surface area contributed by atoms with Crippen LogP contribution < -0.4 is 5.32 Å². The minimum absolute atomic E-state index is 0. The Labute approximate surface area is 143 Å². The Kier molecular flexibility index (Phi) is 7.07. The van der Waals surface area contributed by atoms with E-state index in [1.54, 1.807) is 6.20 Å². The fraction of sp³-hybridized carbons (Fsp3) is 0.375. The maximum Gasteiger partial charge on any atom is 0.253 e. The number of pyridine rings is 1. The molecule has 6 heteroatoms. The molecule has 0 atom stereocenters. The number of aromatic nitrogens is 1. The molecule has 4 nitrogen and oxygen atoms in total. The topological polar surface area (TPSA) is 45.2 Å². The van der Waals surface area contributed by atoms with Gasteiger partial charge in [0.25, 0.3) is 5.91 Å². The van der Waals surface area contributed by atoms with Crippen LogP contribution in [0.15, 0.2) is 36.5 Å². The van der Waals surface area contributed by atoms with Gasteiger partial charge in [0.15, 0.2) is 0 Å². The third-order valence-corrected chi connectivity index (χ3v) is 4.04. The van der Waals surface area contributed by atoms with Gasteiger partial charge in [-0.1, -0.05) is 6.07 Å². The second kappa shape index (κ2) is 8.32. The average molecular weight is 342 g/mol. The highest BCUT2D eigenvalue weighted by atomic mass is 35.5. The lowest BCUT2D eigenvalue weighted by atomic mass is 10.0. The average Bonchev–Trinajstić information content (AvgIpc) is 2.54. The minimum atomic E-state index is 0. The van der Waals surface area contributed by atoms with Crippen molar-refractivity contribution in [3.8, 4) is 0 Å². The molecule has 0 unspecified atom stereocenters. The molecule has 0 radical (unpaired) electrons. The van der Waals surface area contributed by atoms with Gasteiger partial charge in [0, 0.05) is 36.3 Å². The molecule has 0 spiro atoms. The Bertz CT molecular complexity index is 628. The van der Waals surface area contributed by atoms with Gasteiger partial charge in [-0.3, -0.25) is 9.78 Å². The van der Waals surface area contributed by atoms with Gasteiger partial charge in [0.05, 0.1) is 5.52 Å². The molecule has 1 aromatic carbocycles. The third kappa shape index (κ3) is 3.88. The standard InChI is InChI=1S/C16H19N3O.2ClH/c1-17-14-6-9-19(10-7-14)16(20)13-4-5-15-12(11-13)3-2-8-18-15;;/h2-5,8,11,14,17H,6-7,9-10H2,1H3;2*1H. The highest BCUT2D eigenvalue weighted by Gasteiger charge is 2.22. The van der Waals surface area contributed by atoms with Crippen molar-refractivity contribution < 1.29 is 4.79 Å². The van der Waals surface area contributed by atoms with Crippen molar-refractivity contribution in [2.45, 2.75) is 18.9 Å². The highest BCUT2D eigenvalue weighted by molar-refractivity contribution is 5.98. The summed E-state index contributed by atoms with van der Waals surface area (Å²) in [6, 6.07) is 10.2. The number of nitrogens with one attached hydrogen (secondary N) is 1. The second-order valence-corrected chi connectivity index (χ2v) is 5.27. The molecule has 0 aliphatic carbocycles. The molecule has 0 bridgehead atoms. The first-order valence-electron chi connectivity index (χ1n) is 7.09. The number of fused-ring (bicyclic) bond motifs is 1. The Hall–Kier alpha value is -1.36. The van der Waals surface area contributed by atoms with Crippen LogP contribution in [0.3, 0.4) is 0 Å². The molecule has 3 rings (SSSR count). The predicted octanol–water partition coefficient (Wildman–Crippen LogP) is 2.90. The number of piperidine rings is 1. The van der Waals surface area contributed by atoms with E-state index in [0.29, 0.717) is 6.04 Å². The van der Waals surface area contributed by atoms with Crippen LogP contribution in [0.1, 0.15) is 23.2 Å². The normalized spacial score (nSPS) is 15.0. The number of carbonyl (C=O) groups is 1. The van der Waals surface area contributed by atoms with Gasteiger partial charge < -0.3 is 10.2 Å². The molecule has 1 fully saturated rings. The van der Waals surface area contributed by atoms with Gasteiger partial charge in [-0.15, -0.1) is 24.8 Å². The Morgan fingerprint density at radius 3 is 2.64 bits per heavy atom. The van der Waals surface area contributed by atoms with Crippen LogP contribution in [-0.4, -0.2) is 42.0 Å². The number of carbonyl (C=O) groups excluding carboxylic acids is 1. The SMILES string of the molecule is CNC1CCN(C(=O)c2ccc3ncccc3c2)CC1.Cl.Cl. The molecule has 0 saturated carbocycles. The van der Waals surface area contributed by atoms with Crippen LogP contribution in [0.4, 0.5) is 0 Å². The lowest BCUT2D eigenvalue weighted by molar-refractivity contribution is 0.0707. The van der Waals surface area contributed by atoms with Gasteiger partial charge in [0.2, 0.25) is 0 Å². The zero-order chi connectivity index (χ0) is 13.9. The molecular formula is C16H21Cl2N3O. The third-order valence-electron chi connectivity index (χ3n) is 4.04. The van der Waals surface area contributed by atoms with E-state index in [4.69, 9.17) is 0 Å². The molecule has 120 valence electrons. The van der Waals surface area contributed by atoms with Crippen molar-refractivity contribution in [3.05, 3.63) is 42.1 Å². The summed E-state index contributed by atoms with van der Waals surface area (Å²) in [5, 5.41) is 4.30. The van der Waals surface area contributed by atoms with E-state index in [-0.39, 0.29) is 30.7 Å². The fourth-order valence-electron chi connectivity index (χ4n) is 2.76. The van der Waals surface area contributed by atoms with Gasteiger partial charge >= 0.3 is 0 Å². The highest BCUT2D eigenvalue weighted by Crippen LogP contribution is 2.17. The molecule has 2 aromatic rings. The van der Waals surface area contributed by atoms with Crippen LogP contribution >= 0.6 is 24.8 Å². The Balaban J connectivity index is 0.00000121. The summed E-state index contributed by atoms with van der Waals surface area (Å²) in [6.45, 7) is 1.66. The fourth-order valence-corrected chi connectivity index (χ4v) is 2.76. The number of hydrogen-bond donors (Lipinski definition) is 1. The van der Waals surface area contributed by atoms with Crippen molar-refractivity contribution in [1.29, 1.82) is 0 Å². The minimum Gasteiger partial charge on any atom is -0.339 e. The summed E-state index contributed by atoms with van der Waals surface area (Å²) in [6.07, 6.45) is 3.82. The van der Waals surface area contributed by atoms with Gasteiger partial charge in [0.1, 0.15) is 0 Å². The maximum absolute atomic E-state index is 12.5. The number of hydrogen-bond acceptors (Lipinski definition) is 3. The summed E-state index contributed by atoms with van der Waals surface area (Å²) in [5.41, 5.74) is 1.69. The number of rotatable bonds is 2. The largest absolute Gasteiger partial charge is 0.339 e. The molecule has 1 aliphatic rings. The number of nitrogens with zero attached hydrogens (tertiary/aromatic N) is 2. The predicted molar refractivity (Wildman–Crippen MR) is 94.2 cm³/mol. The molecule has 1 amide bonds. The van der Waals surface area contributed by atoms with Gasteiger partial charge in [-0.2, -0.15) is 0 Å². The van der Waals surface area contributed by atoms with Crippen LogP contribution in [0, 0.1) is 0 Å². The van der Waals surface area contributed by atoms with E-state index in [1.807, 2.05) is 42.3 Å². The lowest BCUT2D eigenvalue weighted by Crippen LogP contribution is -2.43. The first-order valence-corrected chi connectivity index (χ1v) is 7.09. The first-order chi connectivity index (χ1) is 9.78. The monoisotopic (exact) mass is 341 g/mol. The van der Waals surface area contributed by atoms with Gasteiger partial charge in [-0.05, 0) is 44.2 Å². The van der Waals surface area contributed by atoms with E-state index in [9.17, 15) is 4.79 Å². The van der Waals surface area contributed by atoms with E-state index < -0.39 is 0 Å². The summed E-state index contributed by atoms with van der Waals surface area (Å²) in [7, 11) is 1.98. The molecule has 1 N–H and O–H groups in total. The van der Waals surface area contributed by atoms with Crippen molar-refractivity contribution in [3.63, 3.8) is 0 Å². The van der Waals surface area contributed by atoms with Crippen LogP contribution in [0.2, 0.25) is 0 Å². The zero-order valence-corrected chi connectivity index (χ0v) is 14.1. The van der Waals surface area contributed by atoms with Crippen molar-refractivity contribution in [2.75, 3.05) is 20.1 Å². The summed E-state index contributed by atoms with van der Waals surface area (Å²) < 4.78 is 0.